The first-order valence-electron chi connectivity index (χ1n) is 5.11. The van der Waals surface area contributed by atoms with Gasteiger partial charge in [-0.1, -0.05) is 6.07 Å². The van der Waals surface area contributed by atoms with Crippen LogP contribution in [0, 0.1) is 6.92 Å². The van der Waals surface area contributed by atoms with Gasteiger partial charge in [0.2, 0.25) is 0 Å². The summed E-state index contributed by atoms with van der Waals surface area (Å²) in [6.07, 6.45) is 3.59. The van der Waals surface area contributed by atoms with Gasteiger partial charge >= 0.3 is 0 Å². The highest BCUT2D eigenvalue weighted by molar-refractivity contribution is 5.45. The molecule has 0 aliphatic heterocycles. The van der Waals surface area contributed by atoms with Gasteiger partial charge in [-0.25, -0.2) is 4.98 Å². The van der Waals surface area contributed by atoms with E-state index in [4.69, 9.17) is 5.73 Å². The fourth-order valence-corrected chi connectivity index (χ4v) is 1.32. The molecule has 0 bridgehead atoms. The third kappa shape index (κ3) is 2.70. The Bertz CT molecular complexity index is 402. The zero-order chi connectivity index (χ0) is 11.4. The lowest BCUT2D eigenvalue weighted by Crippen LogP contribution is -2.01. The lowest BCUT2D eigenvalue weighted by Gasteiger charge is -2.06. The molecule has 2 aromatic rings. The fraction of sp³-hybridized carbons (Fsp3) is 0.167. The normalized spacial score (nSPS) is 10.1. The van der Waals surface area contributed by atoms with Gasteiger partial charge in [-0.15, -0.1) is 0 Å². The van der Waals surface area contributed by atoms with Gasteiger partial charge in [-0.3, -0.25) is 4.98 Å². The third-order valence-electron chi connectivity index (χ3n) is 2.26. The van der Waals surface area contributed by atoms with Gasteiger partial charge in [0.05, 0.1) is 11.9 Å². The van der Waals surface area contributed by atoms with Crippen molar-refractivity contribution < 1.29 is 0 Å². The number of aromatic nitrogens is 2. The summed E-state index contributed by atoms with van der Waals surface area (Å²) in [7, 11) is 0. The van der Waals surface area contributed by atoms with Gasteiger partial charge in [0.1, 0.15) is 5.82 Å². The molecule has 2 heterocycles. The molecule has 4 heteroatoms. The summed E-state index contributed by atoms with van der Waals surface area (Å²) in [5.74, 6) is 0.530. The van der Waals surface area contributed by atoms with Gasteiger partial charge in [-0.2, -0.15) is 0 Å². The molecular weight excluding hydrogens is 200 g/mol. The minimum Gasteiger partial charge on any atom is -0.384 e. The van der Waals surface area contributed by atoms with Crippen LogP contribution in [0.1, 0.15) is 11.3 Å². The highest BCUT2D eigenvalue weighted by atomic mass is 14.9. The Balaban J connectivity index is 1.97. The summed E-state index contributed by atoms with van der Waals surface area (Å²) in [6.45, 7) is 2.71. The van der Waals surface area contributed by atoms with E-state index < -0.39 is 0 Å². The topological polar surface area (TPSA) is 63.8 Å². The number of rotatable bonds is 3. The minimum absolute atomic E-state index is 0.530. The number of hydrogen-bond acceptors (Lipinski definition) is 4. The predicted molar refractivity (Wildman–Crippen MR) is 65.0 cm³/mol. The van der Waals surface area contributed by atoms with Crippen LogP contribution in [-0.4, -0.2) is 9.97 Å². The number of nitrogens with two attached hydrogens (primary N) is 1. The molecule has 0 atom stereocenters. The average molecular weight is 214 g/mol. The summed E-state index contributed by atoms with van der Waals surface area (Å²) < 4.78 is 0. The van der Waals surface area contributed by atoms with Gasteiger partial charge in [0.25, 0.3) is 0 Å². The largest absolute Gasteiger partial charge is 0.384 e. The first kappa shape index (κ1) is 10.4. The second-order valence-electron chi connectivity index (χ2n) is 3.63. The van der Waals surface area contributed by atoms with E-state index in [1.165, 1.54) is 0 Å². The van der Waals surface area contributed by atoms with Crippen LogP contribution < -0.4 is 11.1 Å². The Morgan fingerprint density at radius 1 is 1.12 bits per heavy atom. The van der Waals surface area contributed by atoms with E-state index in [0.29, 0.717) is 5.82 Å². The minimum atomic E-state index is 0.530. The second kappa shape index (κ2) is 4.61. The standard InChI is InChI=1S/C12H14N4/c1-9-2-3-10(6-14-9)7-15-11-4-5-12(13)16-8-11/h2-6,8,15H,7H2,1H3,(H2,13,16). The number of aryl methyl sites for hydroxylation is 1. The van der Waals surface area contributed by atoms with Gasteiger partial charge in [0, 0.05) is 18.4 Å². The van der Waals surface area contributed by atoms with Crippen LogP contribution in [0.25, 0.3) is 0 Å². The Morgan fingerprint density at radius 2 is 2.00 bits per heavy atom. The average Bonchev–Trinajstić information content (AvgIpc) is 2.30. The van der Waals surface area contributed by atoms with E-state index in [-0.39, 0.29) is 0 Å². The lowest BCUT2D eigenvalue weighted by molar-refractivity contribution is 1.08. The molecule has 82 valence electrons. The van der Waals surface area contributed by atoms with Crippen LogP contribution in [0.3, 0.4) is 0 Å². The quantitative estimate of drug-likeness (QED) is 0.820. The molecule has 16 heavy (non-hydrogen) atoms. The van der Waals surface area contributed by atoms with Crippen molar-refractivity contribution in [3.05, 3.63) is 47.9 Å². The van der Waals surface area contributed by atoms with Crippen LogP contribution in [0.15, 0.2) is 36.7 Å². The smallest absolute Gasteiger partial charge is 0.123 e. The van der Waals surface area contributed by atoms with Crippen LogP contribution in [0.2, 0.25) is 0 Å². The van der Waals surface area contributed by atoms with Gasteiger partial charge in [-0.05, 0) is 30.7 Å². The van der Waals surface area contributed by atoms with E-state index in [1.54, 1.807) is 12.3 Å². The molecule has 0 saturated carbocycles. The van der Waals surface area contributed by atoms with Gasteiger partial charge in [0.15, 0.2) is 0 Å². The molecule has 0 fully saturated rings. The molecule has 2 aromatic heterocycles. The molecule has 0 aromatic carbocycles. The zero-order valence-electron chi connectivity index (χ0n) is 9.14. The highest BCUT2D eigenvalue weighted by Gasteiger charge is 1.95. The first-order valence-corrected chi connectivity index (χ1v) is 5.11. The summed E-state index contributed by atoms with van der Waals surface area (Å²) >= 11 is 0. The number of anilines is 2. The Kier molecular flexibility index (Phi) is 3.00. The maximum Gasteiger partial charge on any atom is 0.123 e. The first-order chi connectivity index (χ1) is 7.74. The summed E-state index contributed by atoms with van der Waals surface area (Å²) in [5, 5.41) is 3.25. The van der Waals surface area contributed by atoms with Crippen molar-refractivity contribution in [2.75, 3.05) is 11.1 Å². The zero-order valence-corrected chi connectivity index (χ0v) is 9.14. The monoisotopic (exact) mass is 214 g/mol. The summed E-state index contributed by atoms with van der Waals surface area (Å²) in [6, 6.07) is 7.73. The molecule has 0 amide bonds. The van der Waals surface area contributed by atoms with Crippen molar-refractivity contribution in [3.63, 3.8) is 0 Å². The SMILES string of the molecule is Cc1ccc(CNc2ccc(N)nc2)cn1. The van der Waals surface area contributed by atoms with E-state index in [2.05, 4.69) is 21.4 Å². The number of nitrogen functional groups attached to an aromatic ring is 1. The van der Waals surface area contributed by atoms with E-state index in [0.717, 1.165) is 23.5 Å². The van der Waals surface area contributed by atoms with Crippen molar-refractivity contribution >= 4 is 11.5 Å². The molecule has 4 nitrogen and oxygen atoms in total. The second-order valence-corrected chi connectivity index (χ2v) is 3.63. The molecule has 0 spiro atoms. The summed E-state index contributed by atoms with van der Waals surface area (Å²) in [5.41, 5.74) is 8.62. The molecule has 2 rings (SSSR count). The molecule has 0 aliphatic rings. The van der Waals surface area contributed by atoms with Crippen molar-refractivity contribution in [2.45, 2.75) is 13.5 Å². The van der Waals surface area contributed by atoms with E-state index >= 15 is 0 Å². The number of pyridine rings is 2. The Hall–Kier alpha value is -2.10. The van der Waals surface area contributed by atoms with Crippen molar-refractivity contribution in [3.8, 4) is 0 Å². The molecule has 0 aliphatic carbocycles. The van der Waals surface area contributed by atoms with Crippen molar-refractivity contribution in [1.29, 1.82) is 0 Å². The van der Waals surface area contributed by atoms with E-state index in [9.17, 15) is 0 Å². The number of nitrogens with zero attached hydrogens (tertiary/aromatic N) is 2. The highest BCUT2D eigenvalue weighted by Crippen LogP contribution is 2.09. The Morgan fingerprint density at radius 3 is 2.62 bits per heavy atom. The number of nitrogens with one attached hydrogen (secondary N) is 1. The van der Waals surface area contributed by atoms with Gasteiger partial charge < -0.3 is 11.1 Å². The van der Waals surface area contributed by atoms with Crippen LogP contribution in [0.4, 0.5) is 11.5 Å². The maximum absolute atomic E-state index is 5.50. The predicted octanol–water partition coefficient (Wildman–Crippen LogP) is 1.98. The van der Waals surface area contributed by atoms with E-state index in [1.807, 2.05) is 25.3 Å². The summed E-state index contributed by atoms with van der Waals surface area (Å²) in [4.78, 5) is 8.24. The maximum atomic E-state index is 5.50. The Labute approximate surface area is 94.5 Å². The molecule has 0 saturated heterocycles. The molecule has 3 N–H and O–H groups in total. The van der Waals surface area contributed by atoms with Crippen molar-refractivity contribution in [2.24, 2.45) is 0 Å². The lowest BCUT2D eigenvalue weighted by atomic mass is 10.2. The molecule has 0 unspecified atom stereocenters. The van der Waals surface area contributed by atoms with Crippen LogP contribution in [-0.2, 0) is 6.54 Å². The number of hydrogen-bond donors (Lipinski definition) is 2. The fourth-order valence-electron chi connectivity index (χ4n) is 1.32. The third-order valence-corrected chi connectivity index (χ3v) is 2.26. The van der Waals surface area contributed by atoms with Crippen LogP contribution in [0.5, 0.6) is 0 Å². The molecule has 0 radical (unpaired) electrons. The molecular formula is C12H14N4. The van der Waals surface area contributed by atoms with Crippen LogP contribution >= 0.6 is 0 Å². The van der Waals surface area contributed by atoms with Crippen molar-refractivity contribution in [1.82, 2.24) is 9.97 Å².